The number of likely N-dealkylation sites (N-methyl/N-ethyl adjacent to an activating group) is 1. The molecule has 0 aromatic heterocycles. The Balaban J connectivity index is 2.34. The lowest BCUT2D eigenvalue weighted by molar-refractivity contribution is 0.580. The van der Waals surface area contributed by atoms with Crippen LogP contribution in [0.2, 0.25) is 0 Å². The van der Waals surface area contributed by atoms with Gasteiger partial charge in [0.2, 0.25) is 0 Å². The van der Waals surface area contributed by atoms with Gasteiger partial charge in [-0.2, -0.15) is 0 Å². The van der Waals surface area contributed by atoms with Gasteiger partial charge in [0.25, 0.3) is 0 Å². The summed E-state index contributed by atoms with van der Waals surface area (Å²) in [4.78, 5) is 1.36. The number of thioether (sulfide) groups is 1. The molecule has 0 radical (unpaired) electrons. The summed E-state index contributed by atoms with van der Waals surface area (Å²) in [6, 6.07) is 15.6. The summed E-state index contributed by atoms with van der Waals surface area (Å²) >= 11 is 1.82. The second-order valence-electron chi connectivity index (χ2n) is 5.16. The fourth-order valence-electron chi connectivity index (χ4n) is 2.70. The molecule has 0 bridgehead atoms. The Morgan fingerprint density at radius 2 is 1.65 bits per heavy atom. The highest BCUT2D eigenvalue weighted by Crippen LogP contribution is 2.29. The maximum absolute atomic E-state index is 3.48. The molecule has 0 saturated heterocycles. The fraction of sp³-hybridized carbons (Fsp3) is 0.333. The second-order valence-corrected chi connectivity index (χ2v) is 6.01. The van der Waals surface area contributed by atoms with Gasteiger partial charge >= 0.3 is 0 Å². The highest BCUT2D eigenvalue weighted by atomic mass is 32.2. The lowest BCUT2D eigenvalue weighted by Gasteiger charge is -2.21. The second kappa shape index (κ2) is 6.96. The van der Waals surface area contributed by atoms with Crippen LogP contribution in [-0.4, -0.2) is 13.3 Å². The standard InChI is InChI=1S/C18H23NS/c1-13-8-7-9-14(2)16(13)12-17(19-3)15-10-5-6-11-18(15)20-4/h5-11,17,19H,12H2,1-4H3. The van der Waals surface area contributed by atoms with Gasteiger partial charge in [-0.25, -0.2) is 0 Å². The first kappa shape index (κ1) is 15.1. The monoisotopic (exact) mass is 285 g/mol. The predicted octanol–water partition coefficient (Wildman–Crippen LogP) is 4.53. The van der Waals surface area contributed by atoms with Crippen LogP contribution in [0.25, 0.3) is 0 Å². The summed E-state index contributed by atoms with van der Waals surface area (Å²) in [7, 11) is 2.05. The largest absolute Gasteiger partial charge is 0.313 e. The van der Waals surface area contributed by atoms with Gasteiger partial charge in [-0.05, 0) is 61.9 Å². The van der Waals surface area contributed by atoms with Crippen molar-refractivity contribution < 1.29 is 0 Å². The zero-order valence-corrected chi connectivity index (χ0v) is 13.6. The van der Waals surface area contributed by atoms with Crippen molar-refractivity contribution in [3.8, 4) is 0 Å². The van der Waals surface area contributed by atoms with Crippen LogP contribution in [0.15, 0.2) is 47.4 Å². The van der Waals surface area contributed by atoms with Crippen molar-refractivity contribution in [1.82, 2.24) is 5.32 Å². The van der Waals surface area contributed by atoms with Crippen molar-refractivity contribution in [3.05, 3.63) is 64.7 Å². The average Bonchev–Trinajstić information content (AvgIpc) is 2.47. The van der Waals surface area contributed by atoms with Crippen LogP contribution in [-0.2, 0) is 6.42 Å². The number of nitrogens with one attached hydrogen (secondary N) is 1. The quantitative estimate of drug-likeness (QED) is 0.810. The predicted molar refractivity (Wildman–Crippen MR) is 89.6 cm³/mol. The van der Waals surface area contributed by atoms with Crippen LogP contribution in [0.1, 0.15) is 28.3 Å². The van der Waals surface area contributed by atoms with Crippen LogP contribution in [0, 0.1) is 13.8 Å². The Kier molecular flexibility index (Phi) is 5.27. The molecule has 106 valence electrons. The Hall–Kier alpha value is -1.25. The van der Waals surface area contributed by atoms with E-state index in [1.807, 2.05) is 11.8 Å². The summed E-state index contributed by atoms with van der Waals surface area (Å²) < 4.78 is 0. The van der Waals surface area contributed by atoms with Gasteiger partial charge in [-0.3, -0.25) is 0 Å². The molecule has 0 aliphatic carbocycles. The van der Waals surface area contributed by atoms with Crippen molar-refractivity contribution in [2.75, 3.05) is 13.3 Å². The Bertz CT molecular complexity index is 557. The Labute approximate surface area is 126 Å². The zero-order chi connectivity index (χ0) is 14.5. The maximum atomic E-state index is 3.48. The molecule has 1 atom stereocenters. The molecule has 1 unspecified atom stereocenters. The number of hydrogen-bond acceptors (Lipinski definition) is 2. The summed E-state index contributed by atoms with van der Waals surface area (Å²) in [5.41, 5.74) is 5.62. The molecule has 0 spiro atoms. The molecule has 0 aliphatic rings. The third-order valence-corrected chi connectivity index (χ3v) is 4.73. The lowest BCUT2D eigenvalue weighted by atomic mass is 9.93. The Morgan fingerprint density at radius 1 is 1.00 bits per heavy atom. The van der Waals surface area contributed by atoms with Gasteiger partial charge in [0, 0.05) is 10.9 Å². The molecule has 20 heavy (non-hydrogen) atoms. The molecule has 0 saturated carbocycles. The molecule has 0 fully saturated rings. The number of hydrogen-bond donors (Lipinski definition) is 1. The number of benzene rings is 2. The van der Waals surface area contributed by atoms with E-state index in [1.54, 1.807) is 0 Å². The van der Waals surface area contributed by atoms with Crippen LogP contribution >= 0.6 is 11.8 Å². The van der Waals surface area contributed by atoms with Crippen LogP contribution in [0.4, 0.5) is 0 Å². The van der Waals surface area contributed by atoms with E-state index in [2.05, 4.69) is 74.9 Å². The Morgan fingerprint density at radius 3 is 2.25 bits per heavy atom. The minimum absolute atomic E-state index is 0.360. The van der Waals surface area contributed by atoms with Crippen molar-refractivity contribution in [3.63, 3.8) is 0 Å². The topological polar surface area (TPSA) is 12.0 Å². The minimum atomic E-state index is 0.360. The first-order valence-corrected chi connectivity index (χ1v) is 8.25. The van der Waals surface area contributed by atoms with E-state index in [9.17, 15) is 0 Å². The van der Waals surface area contributed by atoms with Gasteiger partial charge < -0.3 is 5.32 Å². The van der Waals surface area contributed by atoms with Crippen molar-refractivity contribution in [2.45, 2.75) is 31.2 Å². The van der Waals surface area contributed by atoms with Crippen molar-refractivity contribution in [2.24, 2.45) is 0 Å². The zero-order valence-electron chi connectivity index (χ0n) is 12.7. The maximum Gasteiger partial charge on any atom is 0.0369 e. The number of rotatable bonds is 5. The molecular formula is C18H23NS. The van der Waals surface area contributed by atoms with E-state index in [4.69, 9.17) is 0 Å². The van der Waals surface area contributed by atoms with Gasteiger partial charge in [0.1, 0.15) is 0 Å². The molecule has 2 aromatic carbocycles. The highest BCUT2D eigenvalue weighted by Gasteiger charge is 2.15. The van der Waals surface area contributed by atoms with E-state index in [-0.39, 0.29) is 0 Å². The SMILES string of the molecule is CNC(Cc1c(C)cccc1C)c1ccccc1SC. The number of aryl methyl sites for hydroxylation is 2. The summed E-state index contributed by atoms with van der Waals surface area (Å²) in [6.07, 6.45) is 3.18. The first-order valence-electron chi connectivity index (χ1n) is 7.02. The molecule has 0 heterocycles. The van der Waals surface area contributed by atoms with E-state index < -0.39 is 0 Å². The van der Waals surface area contributed by atoms with Gasteiger partial charge in [-0.1, -0.05) is 36.4 Å². The molecule has 1 nitrogen and oxygen atoms in total. The van der Waals surface area contributed by atoms with Crippen LogP contribution in [0.3, 0.4) is 0 Å². The smallest absolute Gasteiger partial charge is 0.0369 e. The molecule has 1 N–H and O–H groups in total. The molecule has 0 amide bonds. The van der Waals surface area contributed by atoms with E-state index in [1.165, 1.54) is 27.1 Å². The van der Waals surface area contributed by atoms with E-state index in [0.29, 0.717) is 6.04 Å². The molecule has 2 heteroatoms. The lowest BCUT2D eigenvalue weighted by Crippen LogP contribution is -2.20. The fourth-order valence-corrected chi connectivity index (χ4v) is 3.36. The summed E-state index contributed by atoms with van der Waals surface area (Å²) in [5, 5.41) is 3.48. The van der Waals surface area contributed by atoms with Gasteiger partial charge in [-0.15, -0.1) is 11.8 Å². The third kappa shape index (κ3) is 3.25. The molecule has 2 aromatic rings. The van der Waals surface area contributed by atoms with Crippen LogP contribution in [0.5, 0.6) is 0 Å². The highest BCUT2D eigenvalue weighted by molar-refractivity contribution is 7.98. The molecular weight excluding hydrogens is 262 g/mol. The van der Waals surface area contributed by atoms with Gasteiger partial charge in [0.15, 0.2) is 0 Å². The summed E-state index contributed by atoms with van der Waals surface area (Å²) in [5.74, 6) is 0. The third-order valence-electron chi connectivity index (χ3n) is 3.92. The minimum Gasteiger partial charge on any atom is -0.313 e. The van der Waals surface area contributed by atoms with Gasteiger partial charge in [0.05, 0.1) is 0 Å². The molecule has 0 aliphatic heterocycles. The van der Waals surface area contributed by atoms with E-state index >= 15 is 0 Å². The summed E-state index contributed by atoms with van der Waals surface area (Å²) in [6.45, 7) is 4.41. The van der Waals surface area contributed by atoms with Crippen molar-refractivity contribution >= 4 is 11.8 Å². The van der Waals surface area contributed by atoms with E-state index in [0.717, 1.165) is 6.42 Å². The average molecular weight is 285 g/mol. The van der Waals surface area contributed by atoms with Crippen LogP contribution < -0.4 is 5.32 Å². The normalized spacial score (nSPS) is 12.4. The first-order chi connectivity index (χ1) is 9.67. The molecule has 2 rings (SSSR count). The van der Waals surface area contributed by atoms with Crippen molar-refractivity contribution in [1.29, 1.82) is 0 Å².